The Hall–Kier alpha value is -3.12. The van der Waals surface area contributed by atoms with Crippen molar-refractivity contribution in [1.82, 2.24) is 9.38 Å². The van der Waals surface area contributed by atoms with Crippen molar-refractivity contribution < 1.29 is 8.42 Å². The van der Waals surface area contributed by atoms with Crippen LogP contribution in [0.5, 0.6) is 0 Å². The van der Waals surface area contributed by atoms with Crippen molar-refractivity contribution in [3.05, 3.63) is 84.7 Å². The van der Waals surface area contributed by atoms with Gasteiger partial charge in [0.05, 0.1) is 10.6 Å². The molecule has 0 amide bonds. The Morgan fingerprint density at radius 3 is 2.46 bits per heavy atom. The SMILES string of the molecule is Cc1cccc2nc(-c3cccc(NS(=O)(=O)c4ccccc4)c3)cn12. The van der Waals surface area contributed by atoms with Crippen molar-refractivity contribution in [1.29, 1.82) is 0 Å². The van der Waals surface area contributed by atoms with Gasteiger partial charge in [0, 0.05) is 23.1 Å². The second-order valence-electron chi connectivity index (χ2n) is 6.02. The zero-order chi connectivity index (χ0) is 18.1. The van der Waals surface area contributed by atoms with Gasteiger partial charge < -0.3 is 4.40 Å². The number of hydrogen-bond donors (Lipinski definition) is 1. The van der Waals surface area contributed by atoms with Gasteiger partial charge in [-0.15, -0.1) is 0 Å². The van der Waals surface area contributed by atoms with Crippen molar-refractivity contribution in [2.75, 3.05) is 4.72 Å². The van der Waals surface area contributed by atoms with E-state index in [2.05, 4.69) is 9.71 Å². The maximum Gasteiger partial charge on any atom is 0.261 e. The van der Waals surface area contributed by atoms with Gasteiger partial charge in [-0.05, 0) is 43.3 Å². The molecule has 2 aromatic carbocycles. The number of benzene rings is 2. The lowest BCUT2D eigenvalue weighted by Crippen LogP contribution is -2.12. The number of aromatic nitrogens is 2. The number of imidazole rings is 1. The molecule has 1 N–H and O–H groups in total. The summed E-state index contributed by atoms with van der Waals surface area (Å²) < 4.78 is 29.6. The lowest BCUT2D eigenvalue weighted by Gasteiger charge is -2.09. The molecule has 0 saturated heterocycles. The monoisotopic (exact) mass is 363 g/mol. The Morgan fingerprint density at radius 2 is 1.69 bits per heavy atom. The Labute approximate surface area is 152 Å². The second-order valence-corrected chi connectivity index (χ2v) is 7.70. The molecule has 0 aliphatic rings. The molecule has 6 heteroatoms. The molecule has 2 heterocycles. The van der Waals surface area contributed by atoms with Crippen LogP contribution < -0.4 is 4.72 Å². The van der Waals surface area contributed by atoms with Crippen molar-refractivity contribution >= 4 is 21.4 Å². The summed E-state index contributed by atoms with van der Waals surface area (Å²) in [5, 5.41) is 0. The first-order valence-corrected chi connectivity index (χ1v) is 9.64. The summed E-state index contributed by atoms with van der Waals surface area (Å²) >= 11 is 0. The molecule has 0 aliphatic carbocycles. The molecule has 0 unspecified atom stereocenters. The summed E-state index contributed by atoms with van der Waals surface area (Å²) in [7, 11) is -3.62. The quantitative estimate of drug-likeness (QED) is 0.593. The van der Waals surface area contributed by atoms with E-state index in [0.29, 0.717) is 5.69 Å². The molecule has 26 heavy (non-hydrogen) atoms. The molecule has 5 nitrogen and oxygen atoms in total. The first-order valence-electron chi connectivity index (χ1n) is 8.16. The topological polar surface area (TPSA) is 63.5 Å². The van der Waals surface area contributed by atoms with Gasteiger partial charge in [-0.1, -0.05) is 36.4 Å². The predicted octanol–water partition coefficient (Wildman–Crippen LogP) is 4.11. The van der Waals surface area contributed by atoms with E-state index in [1.54, 1.807) is 42.5 Å². The summed E-state index contributed by atoms with van der Waals surface area (Å²) in [6.45, 7) is 2.02. The van der Waals surface area contributed by atoms with Gasteiger partial charge in [-0.25, -0.2) is 13.4 Å². The van der Waals surface area contributed by atoms with Gasteiger partial charge in [-0.2, -0.15) is 0 Å². The predicted molar refractivity (Wildman–Crippen MR) is 103 cm³/mol. The van der Waals surface area contributed by atoms with Gasteiger partial charge in [0.2, 0.25) is 0 Å². The van der Waals surface area contributed by atoms with Crippen LogP contribution in [0.15, 0.2) is 83.9 Å². The number of hydrogen-bond acceptors (Lipinski definition) is 3. The largest absolute Gasteiger partial charge is 0.304 e. The molecule has 0 fully saturated rings. The molecule has 2 aromatic heterocycles. The number of nitrogens with zero attached hydrogens (tertiary/aromatic N) is 2. The van der Waals surface area contributed by atoms with Crippen LogP contribution in [-0.4, -0.2) is 17.8 Å². The van der Waals surface area contributed by atoms with E-state index in [-0.39, 0.29) is 4.90 Å². The standard InChI is InChI=1S/C20H17N3O2S/c1-15-7-5-12-20-21-19(14-23(15)20)16-8-6-9-17(13-16)22-26(24,25)18-10-3-2-4-11-18/h2-14,22H,1H3. The van der Waals surface area contributed by atoms with Crippen LogP contribution in [0.2, 0.25) is 0 Å². The second kappa shape index (κ2) is 6.31. The minimum absolute atomic E-state index is 0.230. The third-order valence-corrected chi connectivity index (χ3v) is 5.56. The fourth-order valence-electron chi connectivity index (χ4n) is 2.84. The number of nitrogens with one attached hydrogen (secondary N) is 1. The molecule has 130 valence electrons. The van der Waals surface area contributed by atoms with E-state index in [4.69, 9.17) is 0 Å². The van der Waals surface area contributed by atoms with E-state index >= 15 is 0 Å². The van der Waals surface area contributed by atoms with Crippen LogP contribution in [-0.2, 0) is 10.0 Å². The smallest absolute Gasteiger partial charge is 0.261 e. The first-order chi connectivity index (χ1) is 12.5. The van der Waals surface area contributed by atoms with Crippen molar-refractivity contribution in [2.24, 2.45) is 0 Å². The van der Waals surface area contributed by atoms with Gasteiger partial charge in [-0.3, -0.25) is 4.72 Å². The molecule has 0 saturated carbocycles. The molecule has 0 atom stereocenters. The summed E-state index contributed by atoms with van der Waals surface area (Å²) in [6.07, 6.45) is 1.95. The van der Waals surface area contributed by atoms with Gasteiger partial charge >= 0.3 is 0 Å². The minimum atomic E-state index is -3.62. The molecular formula is C20H17N3O2S. The van der Waals surface area contributed by atoms with Crippen LogP contribution in [0.25, 0.3) is 16.9 Å². The Morgan fingerprint density at radius 1 is 0.923 bits per heavy atom. The van der Waals surface area contributed by atoms with Crippen LogP contribution in [0.1, 0.15) is 5.69 Å². The summed E-state index contributed by atoms with van der Waals surface area (Å²) in [4.78, 5) is 4.86. The molecule has 4 aromatic rings. The van der Waals surface area contributed by atoms with Crippen LogP contribution in [0.3, 0.4) is 0 Å². The van der Waals surface area contributed by atoms with Crippen molar-refractivity contribution in [2.45, 2.75) is 11.8 Å². The number of aryl methyl sites for hydroxylation is 1. The average Bonchev–Trinajstić information content (AvgIpc) is 3.08. The van der Waals surface area contributed by atoms with Gasteiger partial charge in [0.25, 0.3) is 10.0 Å². The highest BCUT2D eigenvalue weighted by atomic mass is 32.2. The van der Waals surface area contributed by atoms with Crippen molar-refractivity contribution in [3.8, 4) is 11.3 Å². The van der Waals surface area contributed by atoms with E-state index in [9.17, 15) is 8.42 Å². The van der Waals surface area contributed by atoms with Gasteiger partial charge in [0.1, 0.15) is 5.65 Å². The lowest BCUT2D eigenvalue weighted by atomic mass is 10.1. The normalized spacial score (nSPS) is 11.6. The zero-order valence-electron chi connectivity index (χ0n) is 14.1. The zero-order valence-corrected chi connectivity index (χ0v) is 14.9. The highest BCUT2D eigenvalue weighted by molar-refractivity contribution is 7.92. The van der Waals surface area contributed by atoms with E-state index in [1.165, 1.54) is 0 Å². The lowest BCUT2D eigenvalue weighted by molar-refractivity contribution is 0.601. The highest BCUT2D eigenvalue weighted by Crippen LogP contribution is 2.24. The summed E-state index contributed by atoms with van der Waals surface area (Å²) in [6, 6.07) is 21.5. The van der Waals surface area contributed by atoms with Gasteiger partial charge in [0.15, 0.2) is 0 Å². The number of sulfonamides is 1. The molecule has 0 aliphatic heterocycles. The first kappa shape index (κ1) is 16.4. The molecule has 0 bridgehead atoms. The van der Waals surface area contributed by atoms with Crippen molar-refractivity contribution in [3.63, 3.8) is 0 Å². The average molecular weight is 363 g/mol. The minimum Gasteiger partial charge on any atom is -0.304 e. The number of rotatable bonds is 4. The number of fused-ring (bicyclic) bond motifs is 1. The number of pyridine rings is 1. The Balaban J connectivity index is 1.69. The number of anilines is 1. The van der Waals surface area contributed by atoms with Crippen LogP contribution in [0, 0.1) is 6.92 Å². The summed E-state index contributed by atoms with van der Waals surface area (Å²) in [5.74, 6) is 0. The molecule has 0 spiro atoms. The maximum atomic E-state index is 12.5. The summed E-state index contributed by atoms with van der Waals surface area (Å²) in [5.41, 5.74) is 4.08. The van der Waals surface area contributed by atoms with E-state index in [1.807, 2.05) is 47.9 Å². The molecular weight excluding hydrogens is 346 g/mol. The van der Waals surface area contributed by atoms with Crippen LogP contribution in [0.4, 0.5) is 5.69 Å². The fourth-order valence-corrected chi connectivity index (χ4v) is 3.91. The molecule has 0 radical (unpaired) electrons. The Kier molecular flexibility index (Phi) is 3.97. The Bertz CT molecular complexity index is 1180. The van der Waals surface area contributed by atoms with E-state index in [0.717, 1.165) is 22.6 Å². The molecule has 4 rings (SSSR count). The fraction of sp³-hybridized carbons (Fsp3) is 0.0500. The van der Waals surface area contributed by atoms with Crippen LogP contribution >= 0.6 is 0 Å². The van der Waals surface area contributed by atoms with E-state index < -0.39 is 10.0 Å². The highest BCUT2D eigenvalue weighted by Gasteiger charge is 2.14. The third kappa shape index (κ3) is 3.07. The maximum absolute atomic E-state index is 12.5. The third-order valence-electron chi connectivity index (χ3n) is 4.16.